The number of nitrogens with two attached hydrogens (primary N) is 2. The van der Waals surface area contributed by atoms with Gasteiger partial charge in [0.15, 0.2) is 0 Å². The second-order valence-corrected chi connectivity index (χ2v) is 13.5. The van der Waals surface area contributed by atoms with Crippen molar-refractivity contribution in [1.29, 1.82) is 0 Å². The van der Waals surface area contributed by atoms with Gasteiger partial charge in [-0.05, 0) is 74.4 Å². The van der Waals surface area contributed by atoms with E-state index < -0.39 is 0 Å². The first kappa shape index (κ1) is 49.7. The fourth-order valence-corrected chi connectivity index (χ4v) is 5.34. The highest BCUT2D eigenvalue weighted by Gasteiger charge is 2.16. The summed E-state index contributed by atoms with van der Waals surface area (Å²) in [5.41, 5.74) is 20.1. The first-order chi connectivity index (χ1) is 26.0. The molecule has 0 aromatic heterocycles. The number of hydrogen-bond acceptors (Lipinski definition) is 5. The lowest BCUT2D eigenvalue weighted by molar-refractivity contribution is 0.424. The maximum Gasteiger partial charge on any atom is 0.0540 e. The van der Waals surface area contributed by atoms with Crippen molar-refractivity contribution in [2.45, 2.75) is 93.4 Å². The van der Waals surface area contributed by atoms with Crippen LogP contribution >= 0.6 is 0 Å². The first-order valence-corrected chi connectivity index (χ1v) is 20.2. The first-order valence-electron chi connectivity index (χ1n) is 20.2. The number of nitrogens with zero attached hydrogens (tertiary/aromatic N) is 1. The van der Waals surface area contributed by atoms with Gasteiger partial charge >= 0.3 is 0 Å². The zero-order valence-corrected chi connectivity index (χ0v) is 35.6. The standard InChI is InChI=1S/C29H42N4.C11H10.C4H11N.C3H8.C2H6/c1-7-33(6)23(3)21-32-25(5)29(17-26-12-9-8-10-13-26)16-22(2)20-31-24(4)28-15-11-14-27(18-28)19-30;1-9-6-7-10-4-2-3-5-11(10)8-9;1-2-3-4-5;1-3-2;1-2/h8-10,12-13,15,18,29,31-32H,2-5,7,11,14,16-17,19-21,30H2,1,6H3;2-8H,1H3;2-5H2,1H3;3H2,1-2H3;1-2H3. The molecule has 3 aromatic rings. The van der Waals surface area contributed by atoms with E-state index in [-0.39, 0.29) is 5.92 Å². The van der Waals surface area contributed by atoms with Crippen LogP contribution in [0.3, 0.4) is 0 Å². The summed E-state index contributed by atoms with van der Waals surface area (Å²) >= 11 is 0. The molecule has 54 heavy (non-hydrogen) atoms. The van der Waals surface area contributed by atoms with E-state index in [0.717, 1.165) is 67.0 Å². The van der Waals surface area contributed by atoms with Gasteiger partial charge in [0.1, 0.15) is 0 Å². The molecule has 3 aromatic carbocycles. The Balaban J connectivity index is 0.00000108. The molecule has 4 rings (SSSR count). The van der Waals surface area contributed by atoms with Crippen LogP contribution in [0.4, 0.5) is 0 Å². The Morgan fingerprint density at radius 3 is 2.04 bits per heavy atom. The van der Waals surface area contributed by atoms with Gasteiger partial charge in [0, 0.05) is 49.7 Å². The van der Waals surface area contributed by atoms with Crippen LogP contribution in [0.15, 0.2) is 145 Å². The number of allylic oxidation sites excluding steroid dienone is 3. The molecule has 0 radical (unpaired) electrons. The monoisotopic (exact) mass is 736 g/mol. The molecule has 0 aliphatic heterocycles. The maximum absolute atomic E-state index is 5.82. The lowest BCUT2D eigenvalue weighted by Crippen LogP contribution is -2.29. The summed E-state index contributed by atoms with van der Waals surface area (Å²) in [5, 5.41) is 9.61. The number of rotatable bonds is 17. The Morgan fingerprint density at radius 2 is 1.46 bits per heavy atom. The van der Waals surface area contributed by atoms with Crippen LogP contribution in [0.5, 0.6) is 0 Å². The normalized spacial score (nSPS) is 11.8. The van der Waals surface area contributed by atoms with Crippen molar-refractivity contribution >= 4 is 10.8 Å². The molecule has 6 N–H and O–H groups in total. The van der Waals surface area contributed by atoms with Gasteiger partial charge in [0.05, 0.1) is 6.54 Å². The number of unbranched alkanes of at least 4 members (excludes halogenated alkanes) is 1. The predicted molar refractivity (Wildman–Crippen MR) is 244 cm³/mol. The lowest BCUT2D eigenvalue weighted by Gasteiger charge is -2.26. The van der Waals surface area contributed by atoms with E-state index in [4.69, 9.17) is 11.5 Å². The fourth-order valence-electron chi connectivity index (χ4n) is 5.34. The van der Waals surface area contributed by atoms with E-state index in [1.54, 1.807) is 0 Å². The molecule has 298 valence electrons. The predicted octanol–water partition coefficient (Wildman–Crippen LogP) is 11.4. The molecular weight excluding hydrogens is 659 g/mol. The third-order valence-corrected chi connectivity index (χ3v) is 8.70. The Bertz CT molecular complexity index is 1550. The number of hydrogen-bond donors (Lipinski definition) is 4. The van der Waals surface area contributed by atoms with Crippen molar-refractivity contribution < 1.29 is 0 Å². The summed E-state index contributed by atoms with van der Waals surface area (Å²) in [6.45, 7) is 35.5. The average Bonchev–Trinajstić information content (AvgIpc) is 3.20. The van der Waals surface area contributed by atoms with Crippen molar-refractivity contribution in [2.24, 2.45) is 17.4 Å². The molecular formula is C49H77N5. The minimum atomic E-state index is 0.243. The maximum atomic E-state index is 5.82. The SMILES string of the molecule is C=C(CNC(=C)C1=CCCC(CN)=C1)CC(Cc1ccccc1)C(=C)NCC(=C)N(C)CC.CC.CCC.CCCCN.Cc1ccc2ccccc2c1. The fraction of sp³-hybridized carbons (Fsp3) is 0.429. The van der Waals surface area contributed by atoms with Crippen LogP contribution in [0.1, 0.15) is 91.2 Å². The van der Waals surface area contributed by atoms with Gasteiger partial charge in [-0.2, -0.15) is 0 Å². The molecule has 5 heteroatoms. The van der Waals surface area contributed by atoms with E-state index in [2.05, 4.69) is 168 Å². The summed E-state index contributed by atoms with van der Waals surface area (Å²) in [6.07, 6.45) is 11.8. The van der Waals surface area contributed by atoms with Crippen molar-refractivity contribution in [3.8, 4) is 0 Å². The summed E-state index contributed by atoms with van der Waals surface area (Å²) in [6, 6.07) is 25.5. The molecule has 0 spiro atoms. The molecule has 0 saturated carbocycles. The van der Waals surface area contributed by atoms with E-state index in [1.807, 2.05) is 13.8 Å². The number of nitrogens with one attached hydrogen (secondary N) is 2. The molecule has 0 heterocycles. The largest absolute Gasteiger partial charge is 0.383 e. The number of aryl methyl sites for hydroxylation is 1. The van der Waals surface area contributed by atoms with Gasteiger partial charge < -0.3 is 27.0 Å². The molecule has 0 amide bonds. The van der Waals surface area contributed by atoms with E-state index in [1.165, 1.54) is 46.7 Å². The Morgan fingerprint density at radius 1 is 0.833 bits per heavy atom. The van der Waals surface area contributed by atoms with Gasteiger partial charge in [0.25, 0.3) is 0 Å². The third-order valence-electron chi connectivity index (χ3n) is 8.70. The molecule has 0 saturated heterocycles. The van der Waals surface area contributed by atoms with Gasteiger partial charge in [-0.15, -0.1) is 0 Å². The van der Waals surface area contributed by atoms with Gasteiger partial charge in [-0.25, -0.2) is 0 Å². The second kappa shape index (κ2) is 31.1. The van der Waals surface area contributed by atoms with Gasteiger partial charge in [-0.3, -0.25) is 0 Å². The topological polar surface area (TPSA) is 79.3 Å². The summed E-state index contributed by atoms with van der Waals surface area (Å²) in [4.78, 5) is 2.14. The van der Waals surface area contributed by atoms with E-state index in [9.17, 15) is 0 Å². The van der Waals surface area contributed by atoms with Crippen molar-refractivity contribution in [3.05, 3.63) is 156 Å². The zero-order chi connectivity index (χ0) is 40.7. The molecule has 1 atom stereocenters. The van der Waals surface area contributed by atoms with Gasteiger partial charge in [0.2, 0.25) is 0 Å². The lowest BCUT2D eigenvalue weighted by atomic mass is 9.90. The number of likely N-dealkylation sites (N-methyl/N-ethyl adjacent to an activating group) is 1. The van der Waals surface area contributed by atoms with E-state index >= 15 is 0 Å². The Kier molecular flexibility index (Phi) is 28.6. The molecule has 1 aliphatic rings. The van der Waals surface area contributed by atoms with Gasteiger partial charge in [-0.1, -0.05) is 175 Å². The van der Waals surface area contributed by atoms with Crippen LogP contribution in [0, 0.1) is 12.8 Å². The smallest absolute Gasteiger partial charge is 0.0540 e. The molecule has 0 bridgehead atoms. The Hall–Kier alpha value is -4.32. The molecule has 1 unspecified atom stereocenters. The van der Waals surface area contributed by atoms with Crippen molar-refractivity contribution in [3.63, 3.8) is 0 Å². The quantitative estimate of drug-likeness (QED) is 0.104. The van der Waals surface area contributed by atoms with Crippen LogP contribution < -0.4 is 22.1 Å². The summed E-state index contributed by atoms with van der Waals surface area (Å²) in [5.74, 6) is 0.243. The third kappa shape index (κ3) is 21.4. The van der Waals surface area contributed by atoms with Crippen molar-refractivity contribution in [1.82, 2.24) is 15.5 Å². The zero-order valence-electron chi connectivity index (χ0n) is 35.6. The van der Waals surface area contributed by atoms with E-state index in [0.29, 0.717) is 19.6 Å². The minimum Gasteiger partial charge on any atom is -0.383 e. The van der Waals surface area contributed by atoms with Crippen LogP contribution in [-0.4, -0.2) is 44.7 Å². The number of benzene rings is 3. The highest BCUT2D eigenvalue weighted by atomic mass is 15.1. The van der Waals surface area contributed by atoms with Crippen LogP contribution in [-0.2, 0) is 6.42 Å². The number of fused-ring (bicyclic) bond motifs is 1. The van der Waals surface area contributed by atoms with Crippen molar-refractivity contribution in [2.75, 3.05) is 39.8 Å². The summed E-state index contributed by atoms with van der Waals surface area (Å²) < 4.78 is 0. The highest BCUT2D eigenvalue weighted by Crippen LogP contribution is 2.24. The average molecular weight is 736 g/mol. The highest BCUT2D eigenvalue weighted by molar-refractivity contribution is 5.82. The second-order valence-electron chi connectivity index (χ2n) is 13.5. The summed E-state index contributed by atoms with van der Waals surface area (Å²) in [7, 11) is 2.06. The van der Waals surface area contributed by atoms with Crippen LogP contribution in [0.2, 0.25) is 0 Å². The molecule has 0 fully saturated rings. The molecule has 1 aliphatic carbocycles. The molecule has 5 nitrogen and oxygen atoms in total. The van der Waals surface area contributed by atoms with Crippen LogP contribution in [0.25, 0.3) is 10.8 Å². The Labute approximate surface area is 332 Å². The minimum absolute atomic E-state index is 0.243.